The van der Waals surface area contributed by atoms with Gasteiger partial charge < -0.3 is 10.0 Å². The van der Waals surface area contributed by atoms with Crippen molar-refractivity contribution in [2.24, 2.45) is 0 Å². The van der Waals surface area contributed by atoms with Gasteiger partial charge in [-0.25, -0.2) is 4.98 Å². The van der Waals surface area contributed by atoms with Crippen molar-refractivity contribution in [3.05, 3.63) is 23.9 Å². The highest BCUT2D eigenvalue weighted by Gasteiger charge is 2.14. The summed E-state index contributed by atoms with van der Waals surface area (Å²) in [5.74, 6) is 1.21. The fourth-order valence-electron chi connectivity index (χ4n) is 1.82. The van der Waals surface area contributed by atoms with Crippen LogP contribution in [-0.2, 0) is 0 Å². The number of aromatic nitrogens is 1. The van der Waals surface area contributed by atoms with Crippen LogP contribution in [0.1, 0.15) is 24.5 Å². The zero-order valence-electron chi connectivity index (χ0n) is 8.56. The van der Waals surface area contributed by atoms with Crippen LogP contribution in [0.5, 0.6) is 0 Å². The van der Waals surface area contributed by atoms with Gasteiger partial charge in [0.25, 0.3) is 0 Å². The largest absolute Gasteiger partial charge is 0.387 e. The molecule has 1 aromatic rings. The molecule has 0 aromatic carbocycles. The van der Waals surface area contributed by atoms with Crippen LogP contribution in [-0.4, -0.2) is 29.1 Å². The van der Waals surface area contributed by atoms with Crippen molar-refractivity contribution in [1.82, 2.24) is 4.98 Å². The summed E-state index contributed by atoms with van der Waals surface area (Å²) in [7, 11) is 0. The molecular formula is C11H15ClN2O. The number of anilines is 1. The molecule has 0 saturated carbocycles. The third-order valence-electron chi connectivity index (χ3n) is 2.73. The molecule has 15 heavy (non-hydrogen) atoms. The highest BCUT2D eigenvalue weighted by molar-refractivity contribution is 6.18. The summed E-state index contributed by atoms with van der Waals surface area (Å²) in [6.45, 7) is 2.18. The van der Waals surface area contributed by atoms with Gasteiger partial charge in [0, 0.05) is 24.8 Å². The molecule has 0 amide bonds. The van der Waals surface area contributed by atoms with Gasteiger partial charge in [-0.15, -0.1) is 11.6 Å². The van der Waals surface area contributed by atoms with Crippen LogP contribution in [0.2, 0.25) is 0 Å². The number of nitrogens with zero attached hydrogens (tertiary/aromatic N) is 2. The zero-order chi connectivity index (χ0) is 10.7. The first-order chi connectivity index (χ1) is 7.31. The van der Waals surface area contributed by atoms with Crippen LogP contribution >= 0.6 is 11.6 Å². The molecule has 2 heterocycles. The highest BCUT2D eigenvalue weighted by Crippen LogP contribution is 2.20. The lowest BCUT2D eigenvalue weighted by Crippen LogP contribution is -2.18. The summed E-state index contributed by atoms with van der Waals surface area (Å²) in [4.78, 5) is 6.60. The van der Waals surface area contributed by atoms with E-state index >= 15 is 0 Å². The van der Waals surface area contributed by atoms with Gasteiger partial charge in [-0.1, -0.05) is 6.07 Å². The number of alkyl halides is 1. The van der Waals surface area contributed by atoms with E-state index in [4.69, 9.17) is 11.6 Å². The highest BCUT2D eigenvalue weighted by atomic mass is 35.5. The maximum Gasteiger partial charge on any atom is 0.128 e. The fourth-order valence-corrected chi connectivity index (χ4v) is 2.00. The van der Waals surface area contributed by atoms with Crippen molar-refractivity contribution in [3.63, 3.8) is 0 Å². The molecule has 1 N–H and O–H groups in total. The fraction of sp³-hybridized carbons (Fsp3) is 0.545. The van der Waals surface area contributed by atoms with Gasteiger partial charge in [0.2, 0.25) is 0 Å². The molecule has 1 fully saturated rings. The lowest BCUT2D eigenvalue weighted by molar-refractivity contribution is 0.202. The maximum absolute atomic E-state index is 9.50. The second-order valence-corrected chi connectivity index (χ2v) is 4.12. The molecule has 4 heteroatoms. The number of rotatable bonds is 3. The summed E-state index contributed by atoms with van der Waals surface area (Å²) < 4.78 is 0. The van der Waals surface area contributed by atoms with E-state index in [1.807, 2.05) is 12.1 Å². The van der Waals surface area contributed by atoms with Crippen molar-refractivity contribution >= 4 is 17.4 Å². The first-order valence-electron chi connectivity index (χ1n) is 5.26. The third kappa shape index (κ3) is 2.41. The zero-order valence-corrected chi connectivity index (χ0v) is 9.32. The number of aliphatic hydroxyl groups excluding tert-OH is 1. The predicted molar refractivity (Wildman–Crippen MR) is 61.4 cm³/mol. The summed E-state index contributed by atoms with van der Waals surface area (Å²) >= 11 is 5.57. The molecule has 0 bridgehead atoms. The Hall–Kier alpha value is -0.800. The predicted octanol–water partition coefficient (Wildman–Crippen LogP) is 1.95. The van der Waals surface area contributed by atoms with Crippen LogP contribution < -0.4 is 4.90 Å². The lowest BCUT2D eigenvalue weighted by atomic mass is 10.2. The molecule has 1 saturated heterocycles. The Morgan fingerprint density at radius 1 is 1.40 bits per heavy atom. The van der Waals surface area contributed by atoms with Crippen molar-refractivity contribution in [1.29, 1.82) is 0 Å². The van der Waals surface area contributed by atoms with Crippen LogP contribution in [0, 0.1) is 0 Å². The molecule has 1 unspecified atom stereocenters. The SMILES string of the molecule is OC(CCl)c1ccc(N2CCCC2)nc1. The number of hydrogen-bond donors (Lipinski definition) is 1. The molecule has 1 atom stereocenters. The molecule has 0 spiro atoms. The monoisotopic (exact) mass is 226 g/mol. The van der Waals surface area contributed by atoms with E-state index in [0.717, 1.165) is 24.5 Å². The Morgan fingerprint density at radius 3 is 2.67 bits per heavy atom. The van der Waals surface area contributed by atoms with E-state index in [2.05, 4.69) is 9.88 Å². The molecule has 82 valence electrons. The number of aliphatic hydroxyl groups is 1. The number of hydrogen-bond acceptors (Lipinski definition) is 3. The second-order valence-electron chi connectivity index (χ2n) is 3.81. The molecule has 3 nitrogen and oxygen atoms in total. The van der Waals surface area contributed by atoms with E-state index in [1.165, 1.54) is 12.8 Å². The topological polar surface area (TPSA) is 36.4 Å². The Morgan fingerprint density at radius 2 is 2.13 bits per heavy atom. The van der Waals surface area contributed by atoms with Crippen LogP contribution in [0.3, 0.4) is 0 Å². The Balaban J connectivity index is 2.09. The molecule has 1 aromatic heterocycles. The van der Waals surface area contributed by atoms with Crippen LogP contribution in [0.4, 0.5) is 5.82 Å². The molecule has 0 radical (unpaired) electrons. The summed E-state index contributed by atoms with van der Waals surface area (Å²) in [6.07, 6.45) is 3.59. The smallest absolute Gasteiger partial charge is 0.128 e. The quantitative estimate of drug-likeness (QED) is 0.801. The standard InChI is InChI=1S/C11H15ClN2O/c12-7-10(15)9-3-4-11(13-8-9)14-5-1-2-6-14/h3-4,8,10,15H,1-2,5-7H2. The Kier molecular flexibility index (Phi) is 3.44. The Labute approximate surface area is 94.7 Å². The van der Waals surface area contributed by atoms with E-state index in [0.29, 0.717) is 0 Å². The molecule has 1 aliphatic heterocycles. The molecule has 2 rings (SSSR count). The van der Waals surface area contributed by atoms with Gasteiger partial charge in [-0.2, -0.15) is 0 Å². The first kappa shape index (κ1) is 10.7. The van der Waals surface area contributed by atoms with E-state index in [1.54, 1.807) is 6.20 Å². The van der Waals surface area contributed by atoms with E-state index in [-0.39, 0.29) is 5.88 Å². The van der Waals surface area contributed by atoms with Gasteiger partial charge >= 0.3 is 0 Å². The van der Waals surface area contributed by atoms with Gasteiger partial charge in [0.05, 0.1) is 12.0 Å². The van der Waals surface area contributed by atoms with E-state index in [9.17, 15) is 5.11 Å². The first-order valence-corrected chi connectivity index (χ1v) is 5.79. The minimum atomic E-state index is -0.605. The second kappa shape index (κ2) is 4.81. The average molecular weight is 227 g/mol. The van der Waals surface area contributed by atoms with Gasteiger partial charge in [0.1, 0.15) is 5.82 Å². The normalized spacial score (nSPS) is 18.1. The van der Waals surface area contributed by atoms with Crippen molar-refractivity contribution in [3.8, 4) is 0 Å². The number of halogens is 1. The number of pyridine rings is 1. The average Bonchev–Trinajstić information content (AvgIpc) is 2.82. The van der Waals surface area contributed by atoms with Crippen molar-refractivity contribution < 1.29 is 5.11 Å². The van der Waals surface area contributed by atoms with Gasteiger partial charge in [-0.3, -0.25) is 0 Å². The maximum atomic E-state index is 9.50. The van der Waals surface area contributed by atoms with Crippen molar-refractivity contribution in [2.75, 3.05) is 23.9 Å². The molecule has 1 aliphatic rings. The van der Waals surface area contributed by atoms with Gasteiger partial charge in [-0.05, 0) is 18.9 Å². The minimum absolute atomic E-state index is 0.213. The van der Waals surface area contributed by atoms with Crippen LogP contribution in [0.25, 0.3) is 0 Å². The molecular weight excluding hydrogens is 212 g/mol. The minimum Gasteiger partial charge on any atom is -0.387 e. The lowest BCUT2D eigenvalue weighted by Gasteiger charge is -2.16. The van der Waals surface area contributed by atoms with E-state index < -0.39 is 6.10 Å². The summed E-state index contributed by atoms with van der Waals surface area (Å²) in [5.41, 5.74) is 0.785. The van der Waals surface area contributed by atoms with Crippen LogP contribution in [0.15, 0.2) is 18.3 Å². The molecule has 0 aliphatic carbocycles. The van der Waals surface area contributed by atoms with Crippen molar-refractivity contribution in [2.45, 2.75) is 18.9 Å². The third-order valence-corrected chi connectivity index (χ3v) is 3.02. The summed E-state index contributed by atoms with van der Waals surface area (Å²) in [6, 6.07) is 3.85. The van der Waals surface area contributed by atoms with Gasteiger partial charge in [0.15, 0.2) is 0 Å². The summed E-state index contributed by atoms with van der Waals surface area (Å²) in [5, 5.41) is 9.50. The Bertz CT molecular complexity index is 309.